The van der Waals surface area contributed by atoms with Crippen LogP contribution in [0.15, 0.2) is 16.9 Å². The Hall–Kier alpha value is -0.610. The van der Waals surface area contributed by atoms with Crippen LogP contribution in [0.25, 0.3) is 0 Å². The van der Waals surface area contributed by atoms with Crippen LogP contribution in [-0.2, 0) is 6.54 Å². The third kappa shape index (κ3) is 1.46. The van der Waals surface area contributed by atoms with Gasteiger partial charge >= 0.3 is 0 Å². The third-order valence-electron chi connectivity index (χ3n) is 1.15. The molecule has 0 aromatic carbocycles. The van der Waals surface area contributed by atoms with Crippen molar-refractivity contribution < 1.29 is 0 Å². The van der Waals surface area contributed by atoms with Crippen LogP contribution < -0.4 is 11.5 Å². The minimum atomic E-state index is 0.457. The van der Waals surface area contributed by atoms with Gasteiger partial charge in [-0.25, -0.2) is 4.98 Å². The monoisotopic (exact) mass is 201 g/mol. The zero-order valence-corrected chi connectivity index (χ0v) is 6.93. The molecule has 4 N–H and O–H groups in total. The van der Waals surface area contributed by atoms with Crippen molar-refractivity contribution in [1.29, 1.82) is 0 Å². The summed E-state index contributed by atoms with van der Waals surface area (Å²) in [7, 11) is 0. The molecule has 0 radical (unpaired) electrons. The summed E-state index contributed by atoms with van der Waals surface area (Å²) in [6.45, 7) is 0.457. The number of nitrogens with zero attached hydrogens (tertiary/aromatic N) is 1. The molecule has 1 aromatic heterocycles. The van der Waals surface area contributed by atoms with Gasteiger partial charge in [-0.15, -0.1) is 0 Å². The van der Waals surface area contributed by atoms with Gasteiger partial charge in [0.15, 0.2) is 0 Å². The number of pyridine rings is 1. The maximum absolute atomic E-state index is 5.46. The summed E-state index contributed by atoms with van der Waals surface area (Å²) in [4.78, 5) is 3.96. The van der Waals surface area contributed by atoms with Crippen molar-refractivity contribution in [3.8, 4) is 0 Å². The molecule has 54 valence electrons. The SMILES string of the molecule is NCc1cc(N)cnc1Br. The molecular weight excluding hydrogens is 194 g/mol. The predicted molar refractivity (Wildman–Crippen MR) is 44.2 cm³/mol. The Balaban J connectivity index is 3.09. The molecule has 1 rings (SSSR count). The molecule has 0 fully saturated rings. The highest BCUT2D eigenvalue weighted by Gasteiger charge is 1.97. The van der Waals surface area contributed by atoms with E-state index in [9.17, 15) is 0 Å². The summed E-state index contributed by atoms with van der Waals surface area (Å²) in [5, 5.41) is 0. The Labute approximate surface area is 67.6 Å². The smallest absolute Gasteiger partial charge is 0.110 e. The highest BCUT2D eigenvalue weighted by atomic mass is 79.9. The van der Waals surface area contributed by atoms with Gasteiger partial charge in [-0.3, -0.25) is 0 Å². The largest absolute Gasteiger partial charge is 0.397 e. The predicted octanol–water partition coefficient (Wildman–Crippen LogP) is 0.885. The van der Waals surface area contributed by atoms with Gasteiger partial charge in [-0.1, -0.05) is 0 Å². The van der Waals surface area contributed by atoms with Gasteiger partial charge in [0.25, 0.3) is 0 Å². The number of nitrogens with two attached hydrogens (primary N) is 2. The quantitative estimate of drug-likeness (QED) is 0.664. The maximum atomic E-state index is 5.46. The average Bonchev–Trinajstić information content (AvgIpc) is 1.94. The van der Waals surface area contributed by atoms with E-state index in [0.29, 0.717) is 12.2 Å². The molecule has 1 heterocycles. The fraction of sp³-hybridized carbons (Fsp3) is 0.167. The highest BCUT2D eigenvalue weighted by Crippen LogP contribution is 2.14. The standard InChI is InChI=1S/C6H8BrN3/c7-6-4(2-8)1-5(9)3-10-6/h1,3H,2,8-9H2. The van der Waals surface area contributed by atoms with Crippen molar-refractivity contribution in [3.05, 3.63) is 22.4 Å². The third-order valence-corrected chi connectivity index (χ3v) is 1.87. The minimum Gasteiger partial charge on any atom is -0.397 e. The minimum absolute atomic E-state index is 0.457. The molecular formula is C6H8BrN3. The summed E-state index contributed by atoms with van der Waals surface area (Å²) in [5.41, 5.74) is 12.4. The van der Waals surface area contributed by atoms with Crippen LogP contribution in [0, 0.1) is 0 Å². The van der Waals surface area contributed by atoms with Crippen LogP contribution in [0.4, 0.5) is 5.69 Å². The first-order chi connectivity index (χ1) is 4.74. The lowest BCUT2D eigenvalue weighted by Gasteiger charge is -1.99. The van der Waals surface area contributed by atoms with Gasteiger partial charge in [-0.05, 0) is 22.0 Å². The normalized spacial score (nSPS) is 9.80. The van der Waals surface area contributed by atoms with Crippen molar-refractivity contribution in [2.45, 2.75) is 6.54 Å². The molecule has 0 unspecified atom stereocenters. The van der Waals surface area contributed by atoms with Gasteiger partial charge in [0.05, 0.1) is 11.9 Å². The van der Waals surface area contributed by atoms with E-state index in [1.807, 2.05) is 0 Å². The molecule has 0 amide bonds. The van der Waals surface area contributed by atoms with E-state index in [4.69, 9.17) is 11.5 Å². The molecule has 1 aromatic rings. The van der Waals surface area contributed by atoms with Crippen molar-refractivity contribution in [2.75, 3.05) is 5.73 Å². The highest BCUT2D eigenvalue weighted by molar-refractivity contribution is 9.10. The zero-order chi connectivity index (χ0) is 7.56. The Morgan fingerprint density at radius 3 is 2.80 bits per heavy atom. The molecule has 0 saturated carbocycles. The number of hydrogen-bond donors (Lipinski definition) is 2. The molecule has 0 atom stereocenters. The van der Waals surface area contributed by atoms with E-state index in [-0.39, 0.29) is 0 Å². The first kappa shape index (κ1) is 7.50. The molecule has 0 saturated heterocycles. The molecule has 3 nitrogen and oxygen atoms in total. The fourth-order valence-corrected chi connectivity index (χ4v) is 1.03. The van der Waals surface area contributed by atoms with Crippen molar-refractivity contribution >= 4 is 21.6 Å². The first-order valence-corrected chi connectivity index (χ1v) is 3.63. The lowest BCUT2D eigenvalue weighted by molar-refractivity contribution is 1.03. The van der Waals surface area contributed by atoms with E-state index < -0.39 is 0 Å². The lowest BCUT2D eigenvalue weighted by atomic mass is 10.3. The summed E-state index contributed by atoms with van der Waals surface area (Å²) >= 11 is 3.24. The summed E-state index contributed by atoms with van der Waals surface area (Å²) in [5.74, 6) is 0. The maximum Gasteiger partial charge on any atom is 0.110 e. The van der Waals surface area contributed by atoms with Crippen LogP contribution >= 0.6 is 15.9 Å². The van der Waals surface area contributed by atoms with Crippen LogP contribution in [0.5, 0.6) is 0 Å². The van der Waals surface area contributed by atoms with Crippen LogP contribution in [0.3, 0.4) is 0 Å². The van der Waals surface area contributed by atoms with Crippen molar-refractivity contribution in [3.63, 3.8) is 0 Å². The second-order valence-electron chi connectivity index (χ2n) is 1.92. The van der Waals surface area contributed by atoms with Crippen molar-refractivity contribution in [2.24, 2.45) is 5.73 Å². The summed E-state index contributed by atoms with van der Waals surface area (Å²) in [6, 6.07) is 1.80. The Kier molecular flexibility index (Phi) is 2.24. The molecule has 0 aliphatic rings. The van der Waals surface area contributed by atoms with E-state index in [0.717, 1.165) is 10.2 Å². The summed E-state index contributed by atoms with van der Waals surface area (Å²) in [6.07, 6.45) is 1.59. The van der Waals surface area contributed by atoms with Gasteiger partial charge in [-0.2, -0.15) is 0 Å². The number of nitrogen functional groups attached to an aromatic ring is 1. The van der Waals surface area contributed by atoms with Gasteiger partial charge < -0.3 is 11.5 Å². The summed E-state index contributed by atoms with van der Waals surface area (Å²) < 4.78 is 0.768. The molecule has 0 aliphatic heterocycles. The number of hydrogen-bond acceptors (Lipinski definition) is 3. The second-order valence-corrected chi connectivity index (χ2v) is 2.67. The Morgan fingerprint density at radius 1 is 1.60 bits per heavy atom. The molecule has 0 aliphatic carbocycles. The molecule has 0 bridgehead atoms. The van der Waals surface area contributed by atoms with Gasteiger partial charge in [0.2, 0.25) is 0 Å². The van der Waals surface area contributed by atoms with Crippen LogP contribution in [-0.4, -0.2) is 4.98 Å². The molecule has 0 spiro atoms. The van der Waals surface area contributed by atoms with E-state index >= 15 is 0 Å². The molecule has 10 heavy (non-hydrogen) atoms. The average molecular weight is 202 g/mol. The zero-order valence-electron chi connectivity index (χ0n) is 5.34. The Bertz CT molecular complexity index is 236. The topological polar surface area (TPSA) is 64.9 Å². The van der Waals surface area contributed by atoms with Crippen LogP contribution in [0.1, 0.15) is 5.56 Å². The van der Waals surface area contributed by atoms with E-state index in [2.05, 4.69) is 20.9 Å². The van der Waals surface area contributed by atoms with Crippen LogP contribution in [0.2, 0.25) is 0 Å². The fourth-order valence-electron chi connectivity index (χ4n) is 0.655. The number of rotatable bonds is 1. The van der Waals surface area contributed by atoms with Gasteiger partial charge in [0, 0.05) is 12.1 Å². The van der Waals surface area contributed by atoms with E-state index in [1.54, 1.807) is 12.3 Å². The second kappa shape index (κ2) is 2.98. The first-order valence-electron chi connectivity index (χ1n) is 2.84. The lowest BCUT2D eigenvalue weighted by Crippen LogP contribution is -2.00. The number of anilines is 1. The van der Waals surface area contributed by atoms with E-state index in [1.165, 1.54) is 0 Å². The van der Waals surface area contributed by atoms with Crippen molar-refractivity contribution in [1.82, 2.24) is 4.98 Å². The number of halogens is 1. The Morgan fingerprint density at radius 2 is 2.30 bits per heavy atom. The molecule has 4 heteroatoms. The van der Waals surface area contributed by atoms with Gasteiger partial charge in [0.1, 0.15) is 4.60 Å². The number of aromatic nitrogens is 1.